The molecule has 3 aliphatic heterocycles. The van der Waals surface area contributed by atoms with E-state index < -0.39 is 12.1 Å². The molecule has 2 bridgehead atoms. The number of carbonyl (C=O) groups is 3. The lowest BCUT2D eigenvalue weighted by Gasteiger charge is -2.28. The van der Waals surface area contributed by atoms with E-state index in [9.17, 15) is 14.4 Å². The highest BCUT2D eigenvalue weighted by atomic mass is 16.5. The number of carbonyl (C=O) groups excluding carboxylic acids is 3. The second-order valence-corrected chi connectivity index (χ2v) is 13.3. The van der Waals surface area contributed by atoms with Crippen LogP contribution in [0.5, 0.6) is 0 Å². The van der Waals surface area contributed by atoms with Crippen LogP contribution in [0.15, 0.2) is 18.2 Å². The number of methoxy groups -OCH3 is 1. The molecule has 1 aromatic carbocycles. The first kappa shape index (κ1) is 32.0. The van der Waals surface area contributed by atoms with Crippen LogP contribution in [0.3, 0.4) is 0 Å². The highest BCUT2D eigenvalue weighted by Crippen LogP contribution is 2.35. The lowest BCUT2D eigenvalue weighted by Crippen LogP contribution is -2.48. The fourth-order valence-corrected chi connectivity index (χ4v) is 6.99. The van der Waals surface area contributed by atoms with E-state index in [1.165, 1.54) is 7.11 Å². The second-order valence-electron chi connectivity index (χ2n) is 13.3. The molecule has 0 aliphatic carbocycles. The summed E-state index contributed by atoms with van der Waals surface area (Å²) in [6.45, 7) is 8.53. The molecule has 0 saturated carbocycles. The highest BCUT2D eigenvalue weighted by molar-refractivity contribution is 5.86. The van der Waals surface area contributed by atoms with Crippen LogP contribution in [0.4, 0.5) is 4.79 Å². The van der Waals surface area contributed by atoms with Gasteiger partial charge in [0, 0.05) is 32.0 Å². The van der Waals surface area contributed by atoms with Gasteiger partial charge in [-0.2, -0.15) is 0 Å². The van der Waals surface area contributed by atoms with Gasteiger partial charge in [0.1, 0.15) is 17.7 Å². The third-order valence-corrected chi connectivity index (χ3v) is 9.97. The van der Waals surface area contributed by atoms with Gasteiger partial charge in [-0.25, -0.2) is 14.8 Å². The Bertz CT molecular complexity index is 1560. The predicted molar refractivity (Wildman–Crippen MR) is 172 cm³/mol. The van der Waals surface area contributed by atoms with Gasteiger partial charge in [0.2, 0.25) is 11.8 Å². The third-order valence-electron chi connectivity index (χ3n) is 9.97. The summed E-state index contributed by atoms with van der Waals surface area (Å²) in [4.78, 5) is 59.8. The van der Waals surface area contributed by atoms with Gasteiger partial charge in [-0.05, 0) is 68.6 Å². The van der Waals surface area contributed by atoms with Gasteiger partial charge in [0.15, 0.2) is 0 Å². The number of alkyl carbamates (subject to hydrolysis) is 1. The fraction of sp³-hybridized carbons (Fsp3) is 0.618. The molecule has 3 aliphatic rings. The highest BCUT2D eigenvalue weighted by Gasteiger charge is 2.37. The molecule has 4 atom stereocenters. The first-order valence-electron chi connectivity index (χ1n) is 16.8. The van der Waals surface area contributed by atoms with E-state index in [1.807, 2.05) is 16.7 Å². The maximum Gasteiger partial charge on any atom is 0.407 e. The van der Waals surface area contributed by atoms with Gasteiger partial charge >= 0.3 is 6.09 Å². The maximum absolute atomic E-state index is 13.7. The molecule has 12 nitrogen and oxygen atoms in total. The topological polar surface area (TPSA) is 146 Å². The Balaban J connectivity index is 1.23. The van der Waals surface area contributed by atoms with Gasteiger partial charge in [0.05, 0.1) is 48.2 Å². The van der Waals surface area contributed by atoms with E-state index in [2.05, 4.69) is 47.3 Å². The van der Waals surface area contributed by atoms with Crippen molar-refractivity contribution in [1.29, 1.82) is 0 Å². The smallest absolute Gasteiger partial charge is 0.407 e. The Morgan fingerprint density at radius 3 is 2.61 bits per heavy atom. The molecule has 5 heterocycles. The predicted octanol–water partition coefficient (Wildman–Crippen LogP) is 4.92. The van der Waals surface area contributed by atoms with E-state index in [0.29, 0.717) is 38.5 Å². The van der Waals surface area contributed by atoms with Gasteiger partial charge in [0.25, 0.3) is 0 Å². The summed E-state index contributed by atoms with van der Waals surface area (Å²) in [6, 6.07) is 5.36. The fourth-order valence-electron chi connectivity index (χ4n) is 6.99. The summed E-state index contributed by atoms with van der Waals surface area (Å²) in [5, 5.41) is 2.74. The van der Waals surface area contributed by atoms with E-state index >= 15 is 0 Å². The van der Waals surface area contributed by atoms with Crippen LogP contribution in [0, 0.1) is 11.8 Å². The first-order valence-corrected chi connectivity index (χ1v) is 16.8. The molecule has 0 unspecified atom stereocenters. The number of aromatic amines is 2. The molecule has 2 aromatic heterocycles. The molecule has 0 radical (unpaired) electrons. The number of fused-ring (bicyclic) bond motifs is 5. The molecular weight excluding hydrogens is 586 g/mol. The quantitative estimate of drug-likeness (QED) is 0.349. The zero-order chi connectivity index (χ0) is 32.4. The molecule has 12 heteroatoms. The summed E-state index contributed by atoms with van der Waals surface area (Å²) < 4.78 is 10.9. The zero-order valence-electron chi connectivity index (χ0n) is 27.4. The van der Waals surface area contributed by atoms with Crippen LogP contribution < -0.4 is 5.32 Å². The molecule has 6 rings (SSSR count). The number of benzene rings is 1. The summed E-state index contributed by atoms with van der Waals surface area (Å²) >= 11 is 0. The zero-order valence-corrected chi connectivity index (χ0v) is 27.4. The van der Waals surface area contributed by atoms with E-state index in [4.69, 9.17) is 19.4 Å². The number of nitrogens with zero attached hydrogens (tertiary/aromatic N) is 4. The molecule has 3 amide bonds. The van der Waals surface area contributed by atoms with Crippen molar-refractivity contribution in [2.75, 3.05) is 26.8 Å². The molecule has 248 valence electrons. The van der Waals surface area contributed by atoms with Gasteiger partial charge < -0.3 is 34.6 Å². The number of ether oxygens (including phenoxy) is 2. The van der Waals surface area contributed by atoms with Crippen molar-refractivity contribution in [1.82, 2.24) is 35.1 Å². The van der Waals surface area contributed by atoms with Crippen LogP contribution in [0.1, 0.15) is 106 Å². The average Bonchev–Trinajstić information content (AvgIpc) is 3.86. The summed E-state index contributed by atoms with van der Waals surface area (Å²) in [5.41, 5.74) is 4.70. The summed E-state index contributed by atoms with van der Waals surface area (Å²) in [7, 11) is 1.31. The molecule has 0 spiro atoms. The van der Waals surface area contributed by atoms with Crippen molar-refractivity contribution in [3.8, 4) is 0 Å². The van der Waals surface area contributed by atoms with E-state index in [-0.39, 0.29) is 29.8 Å². The Labute approximate surface area is 270 Å². The number of H-pyrrole nitrogens is 2. The number of imidazole rings is 2. The molecule has 2 saturated heterocycles. The molecule has 3 N–H and O–H groups in total. The number of amides is 3. The number of hydrogen-bond donors (Lipinski definition) is 3. The van der Waals surface area contributed by atoms with Crippen LogP contribution in [-0.2, 0) is 32.1 Å². The first-order chi connectivity index (χ1) is 22.2. The van der Waals surface area contributed by atoms with Crippen LogP contribution in [0.25, 0.3) is 11.0 Å². The normalized spacial score (nSPS) is 23.2. The summed E-state index contributed by atoms with van der Waals surface area (Å²) in [6.07, 6.45) is 5.56. The van der Waals surface area contributed by atoms with Gasteiger partial charge in [-0.3, -0.25) is 9.59 Å². The lowest BCUT2D eigenvalue weighted by atomic mass is 9.96. The van der Waals surface area contributed by atoms with Crippen LogP contribution in [-0.4, -0.2) is 80.5 Å². The number of likely N-dealkylation sites (tertiary alicyclic amines) is 1. The van der Waals surface area contributed by atoms with Crippen molar-refractivity contribution >= 4 is 28.9 Å². The average molecular weight is 634 g/mol. The van der Waals surface area contributed by atoms with E-state index in [1.54, 1.807) is 0 Å². The van der Waals surface area contributed by atoms with Crippen molar-refractivity contribution in [3.05, 3.63) is 46.8 Å². The van der Waals surface area contributed by atoms with Gasteiger partial charge in [-0.15, -0.1) is 0 Å². The SMILES string of the molecule is COC(=O)N[C@H]1CCCCOCc2[nH]c(nc2Cc2ccc3[nH]c([C@@H]4CCCN4C(=O)[C@@H](C)C(C)C)nc3c2)[C@@H]2CCCN2C1=O. The molecular formula is C34H47N7O5. The Morgan fingerprint density at radius 2 is 1.80 bits per heavy atom. The van der Waals surface area contributed by atoms with E-state index in [0.717, 1.165) is 84.7 Å². The number of aromatic nitrogens is 4. The van der Waals surface area contributed by atoms with Crippen molar-refractivity contribution in [2.45, 2.75) is 96.9 Å². The maximum atomic E-state index is 13.7. The van der Waals surface area contributed by atoms with Crippen molar-refractivity contribution in [2.24, 2.45) is 11.8 Å². The standard InChI is InChI=1S/C34H47N7O5/c1-20(2)21(3)32(42)40-14-7-10-28(40)30-35-23-13-12-22(17-25(23)36-30)18-26-27-19-46-16-6-5-9-24(39-34(44)45-4)33(43)41-15-8-11-29(41)31(37-26)38-27/h12-13,17,20-21,24,28-29H,5-11,14-16,18-19H2,1-4H3,(H,35,36)(H,37,38)(H,39,44)/t21-,24-,28-,29-/m0/s1. The van der Waals surface area contributed by atoms with Crippen LogP contribution in [0.2, 0.25) is 0 Å². The molecule has 46 heavy (non-hydrogen) atoms. The van der Waals surface area contributed by atoms with Crippen molar-refractivity contribution < 1.29 is 23.9 Å². The largest absolute Gasteiger partial charge is 0.453 e. The van der Waals surface area contributed by atoms with Crippen molar-refractivity contribution in [3.63, 3.8) is 0 Å². The Kier molecular flexibility index (Phi) is 9.62. The van der Waals surface area contributed by atoms with Crippen LogP contribution >= 0.6 is 0 Å². The number of hydrogen-bond acceptors (Lipinski definition) is 7. The Hall–Kier alpha value is -3.93. The van der Waals surface area contributed by atoms with Gasteiger partial charge in [-0.1, -0.05) is 26.8 Å². The number of nitrogens with one attached hydrogen (secondary N) is 3. The second kappa shape index (κ2) is 13.8. The minimum absolute atomic E-state index is 0.0243. The monoisotopic (exact) mass is 633 g/mol. The summed E-state index contributed by atoms with van der Waals surface area (Å²) in [5.74, 6) is 1.96. The Morgan fingerprint density at radius 1 is 1.02 bits per heavy atom. The number of rotatable bonds is 6. The molecule has 2 fully saturated rings. The third kappa shape index (κ3) is 6.63. The lowest BCUT2D eigenvalue weighted by molar-refractivity contribution is -0.137. The minimum Gasteiger partial charge on any atom is -0.453 e. The molecule has 3 aromatic rings. The minimum atomic E-state index is -0.652.